The van der Waals surface area contributed by atoms with Crippen molar-refractivity contribution in [2.24, 2.45) is 0 Å². The second kappa shape index (κ2) is 7.53. The van der Waals surface area contributed by atoms with Crippen LogP contribution in [0.4, 0.5) is 16.2 Å². The molecule has 3 aromatic rings. The van der Waals surface area contributed by atoms with Crippen molar-refractivity contribution in [2.45, 2.75) is 18.5 Å². The Kier molecular flexibility index (Phi) is 4.66. The number of nitrogens with zero attached hydrogens (tertiary/aromatic N) is 4. The van der Waals surface area contributed by atoms with E-state index >= 15 is 0 Å². The zero-order chi connectivity index (χ0) is 22.3. The lowest BCUT2D eigenvalue weighted by Gasteiger charge is -2.47. The summed E-state index contributed by atoms with van der Waals surface area (Å²) in [5.41, 5.74) is 3.96. The molecule has 32 heavy (non-hydrogen) atoms. The van der Waals surface area contributed by atoms with E-state index < -0.39 is 5.54 Å². The lowest BCUT2D eigenvalue weighted by Crippen LogP contribution is -2.62. The molecule has 5 rings (SSSR count). The van der Waals surface area contributed by atoms with Gasteiger partial charge in [0, 0.05) is 11.4 Å². The second-order valence-electron chi connectivity index (χ2n) is 8.22. The SMILES string of the molecule is Cc1ccc(N2C(=O)N(c3ccc(C#N)cc3)[C@@H](c3cccc(C#N)c3)C23COC3)cc1. The minimum atomic E-state index is -0.603. The van der Waals surface area contributed by atoms with Gasteiger partial charge in [0.1, 0.15) is 5.54 Å². The quantitative estimate of drug-likeness (QED) is 0.615. The molecule has 6 nitrogen and oxygen atoms in total. The Morgan fingerprint density at radius 2 is 1.56 bits per heavy atom. The summed E-state index contributed by atoms with van der Waals surface area (Å²) in [6.45, 7) is 2.79. The molecule has 3 aromatic carbocycles. The second-order valence-corrected chi connectivity index (χ2v) is 8.22. The summed E-state index contributed by atoms with van der Waals surface area (Å²) in [6, 6.07) is 26.1. The van der Waals surface area contributed by atoms with Crippen molar-refractivity contribution in [1.82, 2.24) is 0 Å². The van der Waals surface area contributed by atoms with Gasteiger partial charge in [-0.25, -0.2) is 4.79 Å². The largest absolute Gasteiger partial charge is 0.376 e. The monoisotopic (exact) mass is 420 g/mol. The highest BCUT2D eigenvalue weighted by molar-refractivity contribution is 6.09. The minimum absolute atomic E-state index is 0.158. The molecular formula is C26H20N4O2. The van der Waals surface area contributed by atoms with E-state index in [1.165, 1.54) is 0 Å². The number of urea groups is 1. The number of hydrogen-bond acceptors (Lipinski definition) is 4. The van der Waals surface area contributed by atoms with Gasteiger partial charge in [0.25, 0.3) is 0 Å². The molecule has 6 heteroatoms. The predicted octanol–water partition coefficient (Wildman–Crippen LogP) is 4.70. The van der Waals surface area contributed by atoms with Gasteiger partial charge >= 0.3 is 6.03 Å². The molecule has 0 N–H and O–H groups in total. The van der Waals surface area contributed by atoms with Gasteiger partial charge in [0.05, 0.1) is 42.5 Å². The topological polar surface area (TPSA) is 80.4 Å². The molecule has 2 saturated heterocycles. The number of hydrogen-bond donors (Lipinski definition) is 0. The molecule has 2 fully saturated rings. The summed E-state index contributed by atoms with van der Waals surface area (Å²) < 4.78 is 5.68. The van der Waals surface area contributed by atoms with Crippen molar-refractivity contribution in [3.8, 4) is 12.1 Å². The number of amides is 2. The summed E-state index contributed by atoms with van der Waals surface area (Å²) in [7, 11) is 0. The normalized spacial score (nSPS) is 18.8. The maximum atomic E-state index is 14.0. The van der Waals surface area contributed by atoms with E-state index in [0.29, 0.717) is 30.0 Å². The Morgan fingerprint density at radius 3 is 2.16 bits per heavy atom. The molecule has 0 bridgehead atoms. The van der Waals surface area contributed by atoms with Gasteiger partial charge in [0.15, 0.2) is 0 Å². The van der Waals surface area contributed by atoms with Gasteiger partial charge in [-0.2, -0.15) is 10.5 Å². The molecule has 2 aliphatic heterocycles. The van der Waals surface area contributed by atoms with Gasteiger partial charge in [-0.3, -0.25) is 9.80 Å². The van der Waals surface area contributed by atoms with Crippen LogP contribution in [0, 0.1) is 29.6 Å². The van der Waals surface area contributed by atoms with Crippen LogP contribution in [0.1, 0.15) is 28.3 Å². The summed E-state index contributed by atoms with van der Waals surface area (Å²) >= 11 is 0. The van der Waals surface area contributed by atoms with E-state index in [0.717, 1.165) is 16.8 Å². The van der Waals surface area contributed by atoms with Crippen molar-refractivity contribution in [3.63, 3.8) is 0 Å². The molecule has 1 atom stereocenters. The van der Waals surface area contributed by atoms with Crippen LogP contribution in [0.15, 0.2) is 72.8 Å². The standard InChI is InChI=1S/C26H20N4O2/c1-18-5-9-23(10-6-18)30-25(31)29(22-11-7-19(14-27)8-12-22)24(26(30)16-32-17-26)21-4-2-3-20(13-21)15-28/h2-13,24H,16-17H2,1H3/t24-/m0/s1. The van der Waals surface area contributed by atoms with Crippen LogP contribution in [0.3, 0.4) is 0 Å². The van der Waals surface area contributed by atoms with Crippen molar-refractivity contribution in [3.05, 3.63) is 95.1 Å². The van der Waals surface area contributed by atoms with E-state index in [2.05, 4.69) is 12.1 Å². The Bertz CT molecular complexity index is 1260. The van der Waals surface area contributed by atoms with Crippen LogP contribution in [-0.2, 0) is 4.74 Å². The molecule has 0 aliphatic carbocycles. The Labute approximate surface area is 186 Å². The molecule has 0 aromatic heterocycles. The lowest BCUT2D eigenvalue weighted by atomic mass is 9.82. The fourth-order valence-electron chi connectivity index (χ4n) is 4.62. The Hall–Kier alpha value is -4.13. The van der Waals surface area contributed by atoms with Crippen molar-refractivity contribution < 1.29 is 9.53 Å². The number of rotatable bonds is 3. The third-order valence-electron chi connectivity index (χ3n) is 6.21. The highest BCUT2D eigenvalue weighted by atomic mass is 16.5. The summed E-state index contributed by atoms with van der Waals surface area (Å²) in [5, 5.41) is 18.6. The van der Waals surface area contributed by atoms with Crippen molar-refractivity contribution in [1.29, 1.82) is 10.5 Å². The smallest absolute Gasteiger partial charge is 0.330 e. The lowest BCUT2D eigenvalue weighted by molar-refractivity contribution is -0.0580. The number of benzene rings is 3. The van der Waals surface area contributed by atoms with Crippen LogP contribution in [0.5, 0.6) is 0 Å². The number of nitriles is 2. The van der Waals surface area contributed by atoms with E-state index in [9.17, 15) is 15.3 Å². The molecule has 1 spiro atoms. The number of carbonyl (C=O) groups excluding carboxylic acids is 1. The molecule has 2 heterocycles. The number of anilines is 2. The number of aryl methyl sites for hydroxylation is 1. The Balaban J connectivity index is 1.70. The molecule has 0 saturated carbocycles. The van der Waals surface area contributed by atoms with Crippen molar-refractivity contribution in [2.75, 3.05) is 23.0 Å². The molecule has 0 radical (unpaired) electrons. The third-order valence-corrected chi connectivity index (χ3v) is 6.21. The third kappa shape index (κ3) is 2.93. The van der Waals surface area contributed by atoms with Gasteiger partial charge < -0.3 is 4.74 Å². The van der Waals surface area contributed by atoms with Gasteiger partial charge in [-0.05, 0) is 61.0 Å². The van der Waals surface area contributed by atoms with Gasteiger partial charge in [-0.15, -0.1) is 0 Å². The average molecular weight is 420 g/mol. The van der Waals surface area contributed by atoms with Crippen LogP contribution < -0.4 is 9.80 Å². The number of carbonyl (C=O) groups is 1. The van der Waals surface area contributed by atoms with Crippen molar-refractivity contribution >= 4 is 17.4 Å². The first-order chi connectivity index (χ1) is 15.6. The van der Waals surface area contributed by atoms with E-state index in [1.54, 1.807) is 35.2 Å². The van der Waals surface area contributed by atoms with Crippen LogP contribution in [-0.4, -0.2) is 24.8 Å². The fourth-order valence-corrected chi connectivity index (χ4v) is 4.62. The number of ether oxygens (including phenoxy) is 1. The molecule has 2 aliphatic rings. The van der Waals surface area contributed by atoms with Crippen LogP contribution >= 0.6 is 0 Å². The zero-order valence-electron chi connectivity index (χ0n) is 17.5. The molecule has 2 amide bonds. The van der Waals surface area contributed by atoms with Crippen LogP contribution in [0.2, 0.25) is 0 Å². The van der Waals surface area contributed by atoms with Crippen LogP contribution in [0.25, 0.3) is 0 Å². The predicted molar refractivity (Wildman–Crippen MR) is 120 cm³/mol. The van der Waals surface area contributed by atoms with Gasteiger partial charge in [-0.1, -0.05) is 29.8 Å². The Morgan fingerprint density at radius 1 is 0.906 bits per heavy atom. The first kappa shape index (κ1) is 19.8. The first-order valence-electron chi connectivity index (χ1n) is 10.4. The van der Waals surface area contributed by atoms with E-state index in [1.807, 2.05) is 54.3 Å². The minimum Gasteiger partial charge on any atom is -0.376 e. The maximum absolute atomic E-state index is 14.0. The van der Waals surface area contributed by atoms with Gasteiger partial charge in [0.2, 0.25) is 0 Å². The molecule has 156 valence electrons. The summed E-state index contributed by atoms with van der Waals surface area (Å²) in [4.78, 5) is 17.6. The van der Waals surface area contributed by atoms with E-state index in [4.69, 9.17) is 4.74 Å². The highest BCUT2D eigenvalue weighted by Gasteiger charge is 2.63. The zero-order valence-corrected chi connectivity index (χ0v) is 17.5. The summed E-state index contributed by atoms with van der Waals surface area (Å²) in [5.74, 6) is 0. The van der Waals surface area contributed by atoms with E-state index in [-0.39, 0.29) is 12.1 Å². The average Bonchev–Trinajstić information content (AvgIpc) is 3.09. The molecular weight excluding hydrogens is 400 g/mol. The summed E-state index contributed by atoms with van der Waals surface area (Å²) in [6.07, 6.45) is 0. The highest BCUT2D eigenvalue weighted by Crippen LogP contribution is 2.51. The maximum Gasteiger partial charge on any atom is 0.330 e. The molecule has 0 unspecified atom stereocenters. The first-order valence-corrected chi connectivity index (χ1v) is 10.4. The fraction of sp³-hybridized carbons (Fsp3) is 0.192.